The highest BCUT2D eigenvalue weighted by molar-refractivity contribution is 7.71. The molecule has 16 aromatic heterocycles. The lowest BCUT2D eigenvalue weighted by molar-refractivity contribution is 0.637. The average Bonchev–Trinajstić information content (AvgIpc) is 0.811. The molecule has 96 heavy (non-hydrogen) atoms. The third-order valence-electron chi connectivity index (χ3n) is 14.7. The largest absolute Gasteiger partial charge is 0.293 e. The van der Waals surface area contributed by atoms with Crippen molar-refractivity contribution < 1.29 is 0 Å². The van der Waals surface area contributed by atoms with Crippen molar-refractivity contribution in [3.05, 3.63) is 321 Å². The van der Waals surface area contributed by atoms with Crippen molar-refractivity contribution in [2.75, 3.05) is 0 Å². The standard InChI is InChI=1S/2C18H13N5O.2C18H13N5S/c24-18-14-7-5-11-21-16(14)17(15-8-2-4-10-20-15)22-23(18)12-13-6-1-3-9-19-13;24-18-17-14(7-5-11-21-17)16(15-8-2-4-10-20-15)22-23(18)12-13-6-1-3-9-19-13;24-18-14-7-5-11-21-16(14)17(15-8-2-4-10-20-15)22-23(18)12-13-6-1-3-9-19-13;24-18-17-14(7-5-11-21-17)16(15-8-2-4-10-20-15)22-23(18)12-13-6-1-3-9-19-13/h4*1-11H,12H2. The van der Waals surface area contributed by atoms with Crippen molar-refractivity contribution in [2.24, 2.45) is 0 Å². The van der Waals surface area contributed by atoms with Crippen LogP contribution in [0.15, 0.2) is 278 Å². The molecule has 0 fully saturated rings. The lowest BCUT2D eigenvalue weighted by atomic mass is 10.1. The van der Waals surface area contributed by atoms with Gasteiger partial charge in [-0.2, -0.15) is 20.4 Å². The van der Waals surface area contributed by atoms with Gasteiger partial charge in [0.05, 0.1) is 77.1 Å². The summed E-state index contributed by atoms with van der Waals surface area (Å²) in [4.78, 5) is 77.7. The second kappa shape index (κ2) is 29.7. The van der Waals surface area contributed by atoms with Crippen LogP contribution in [0, 0.1) is 9.28 Å². The van der Waals surface area contributed by atoms with E-state index in [-0.39, 0.29) is 17.7 Å². The molecule has 0 radical (unpaired) electrons. The lowest BCUT2D eigenvalue weighted by Crippen LogP contribution is -2.25. The van der Waals surface area contributed by atoms with Crippen LogP contribution in [0.25, 0.3) is 89.2 Å². The molecule has 0 aliphatic rings. The topological polar surface area (TPSA) is 260 Å². The Labute approximate surface area is 556 Å². The highest BCUT2D eigenvalue weighted by Gasteiger charge is 2.18. The van der Waals surface area contributed by atoms with Gasteiger partial charge in [0.2, 0.25) is 0 Å². The Morgan fingerprint density at radius 3 is 0.948 bits per heavy atom. The minimum absolute atomic E-state index is 0.191. The predicted octanol–water partition coefficient (Wildman–Crippen LogP) is 11.9. The number of fused-ring (bicyclic) bond motifs is 4. The molecule has 0 aliphatic carbocycles. The first-order chi connectivity index (χ1) is 47.3. The van der Waals surface area contributed by atoms with Crippen LogP contribution in [0.3, 0.4) is 0 Å². The van der Waals surface area contributed by atoms with Crippen LogP contribution in [0.5, 0.6) is 0 Å². The fourth-order valence-corrected chi connectivity index (χ4v) is 10.7. The molecule has 464 valence electrons. The first-order valence-electron chi connectivity index (χ1n) is 30.0. The summed E-state index contributed by atoms with van der Waals surface area (Å²) < 4.78 is 7.58. The quantitative estimate of drug-likeness (QED) is 0.103. The molecular weight excluding hydrogens is 1240 g/mol. The van der Waals surface area contributed by atoms with Gasteiger partial charge in [0, 0.05) is 90.5 Å². The van der Waals surface area contributed by atoms with Crippen LogP contribution in [-0.4, -0.2) is 98.9 Å². The Morgan fingerprint density at radius 1 is 0.240 bits per heavy atom. The van der Waals surface area contributed by atoms with Crippen LogP contribution in [-0.2, 0) is 26.2 Å². The second-order valence-corrected chi connectivity index (χ2v) is 21.8. The van der Waals surface area contributed by atoms with E-state index in [1.165, 1.54) is 9.36 Å². The highest BCUT2D eigenvalue weighted by atomic mass is 32.1. The van der Waals surface area contributed by atoms with Crippen LogP contribution in [0.2, 0.25) is 0 Å². The first kappa shape index (κ1) is 62.0. The molecule has 0 aliphatic heterocycles. The van der Waals surface area contributed by atoms with Crippen LogP contribution < -0.4 is 11.1 Å². The maximum atomic E-state index is 12.7. The fourth-order valence-electron chi connectivity index (χ4n) is 10.2. The van der Waals surface area contributed by atoms with Gasteiger partial charge in [-0.15, -0.1) is 0 Å². The first-order valence-corrected chi connectivity index (χ1v) is 30.8. The van der Waals surface area contributed by atoms with Crippen LogP contribution >= 0.6 is 24.4 Å². The van der Waals surface area contributed by atoms with Crippen molar-refractivity contribution in [3.8, 4) is 45.6 Å². The molecule has 0 aromatic carbocycles. The molecule has 0 amide bonds. The SMILES string of the molecule is O=c1c2cccnc2c(-c2ccccn2)nn1Cc1ccccn1.O=c1c2ncccc2c(-c2ccccn2)nn1Cc1ccccn1.S=c1c2cccnc2c(-c2ccccn2)nn1Cc1ccccn1.S=c1c2ncccc2c(-c2ccccn2)nn1Cc1ccccn1. The molecule has 16 aromatic rings. The van der Waals surface area contributed by atoms with E-state index in [1.807, 2.05) is 176 Å². The second-order valence-electron chi connectivity index (χ2n) is 21.0. The average molecular weight is 1290 g/mol. The zero-order valence-corrected chi connectivity index (χ0v) is 52.4. The van der Waals surface area contributed by atoms with Gasteiger partial charge in [-0.05, 0) is 146 Å². The van der Waals surface area contributed by atoms with Crippen LogP contribution in [0.1, 0.15) is 22.8 Å². The molecule has 16 heterocycles. The van der Waals surface area contributed by atoms with E-state index in [0.29, 0.717) is 73.5 Å². The van der Waals surface area contributed by atoms with Crippen molar-refractivity contribution in [3.63, 3.8) is 0 Å². The Bertz CT molecular complexity index is 4880. The summed E-state index contributed by atoms with van der Waals surface area (Å²) in [6, 6.07) is 60.2. The van der Waals surface area contributed by atoms with Crippen molar-refractivity contribution in [2.45, 2.75) is 26.2 Å². The smallest absolute Gasteiger partial charge is 0.267 e. The Morgan fingerprint density at radius 2 is 0.531 bits per heavy atom. The van der Waals surface area contributed by atoms with Gasteiger partial charge in [-0.25, -0.2) is 18.7 Å². The number of pyridine rings is 12. The molecule has 0 bridgehead atoms. The van der Waals surface area contributed by atoms with Crippen molar-refractivity contribution >= 4 is 68.0 Å². The van der Waals surface area contributed by atoms with Gasteiger partial charge in [-0.1, -0.05) is 73.0 Å². The number of nitrogens with zero attached hydrogens (tertiary/aromatic N) is 20. The third kappa shape index (κ3) is 14.3. The zero-order chi connectivity index (χ0) is 65.4. The van der Waals surface area contributed by atoms with Gasteiger partial charge < -0.3 is 0 Å². The van der Waals surface area contributed by atoms with E-state index in [2.05, 4.69) is 70.0 Å². The molecule has 24 heteroatoms. The molecule has 16 rings (SSSR count). The normalized spacial score (nSPS) is 10.8. The van der Waals surface area contributed by atoms with Crippen molar-refractivity contribution in [1.29, 1.82) is 0 Å². The lowest BCUT2D eigenvalue weighted by Gasteiger charge is -2.11. The summed E-state index contributed by atoms with van der Waals surface area (Å²) in [6.45, 7) is 1.58. The number of aromatic nitrogens is 20. The maximum Gasteiger partial charge on any atom is 0.293 e. The van der Waals surface area contributed by atoms with E-state index in [1.54, 1.807) is 102 Å². The molecule has 0 saturated heterocycles. The molecular formula is C72H52N20O2S2. The number of rotatable bonds is 12. The Balaban J connectivity index is 0.000000116. The third-order valence-corrected chi connectivity index (χ3v) is 15.5. The minimum atomic E-state index is -0.240. The van der Waals surface area contributed by atoms with E-state index in [0.717, 1.165) is 67.4 Å². The highest BCUT2D eigenvalue weighted by Crippen LogP contribution is 2.28. The zero-order valence-electron chi connectivity index (χ0n) is 50.8. The van der Waals surface area contributed by atoms with Gasteiger partial charge >= 0.3 is 0 Å². The van der Waals surface area contributed by atoms with Gasteiger partial charge in [-0.3, -0.25) is 69.4 Å². The summed E-state index contributed by atoms with van der Waals surface area (Å²) in [6.07, 6.45) is 20.6. The molecule has 0 spiro atoms. The summed E-state index contributed by atoms with van der Waals surface area (Å²) in [5, 5.41) is 21.5. The molecule has 0 saturated carbocycles. The van der Waals surface area contributed by atoms with Gasteiger partial charge in [0.1, 0.15) is 54.1 Å². The van der Waals surface area contributed by atoms with Gasteiger partial charge in [0.15, 0.2) is 0 Å². The van der Waals surface area contributed by atoms with E-state index in [4.69, 9.17) is 34.6 Å². The van der Waals surface area contributed by atoms with Crippen molar-refractivity contribution in [1.82, 2.24) is 98.9 Å². The van der Waals surface area contributed by atoms with Gasteiger partial charge in [0.25, 0.3) is 11.1 Å². The summed E-state index contributed by atoms with van der Waals surface area (Å²) in [5.41, 5.74) is 11.0. The van der Waals surface area contributed by atoms with E-state index < -0.39 is 0 Å². The summed E-state index contributed by atoms with van der Waals surface area (Å²) >= 11 is 11.2. The van der Waals surface area contributed by atoms with E-state index >= 15 is 0 Å². The molecule has 0 atom stereocenters. The number of hydrogen-bond donors (Lipinski definition) is 0. The molecule has 0 N–H and O–H groups in total. The Kier molecular flexibility index (Phi) is 19.2. The van der Waals surface area contributed by atoms with Crippen LogP contribution in [0.4, 0.5) is 0 Å². The number of hydrogen-bond acceptors (Lipinski definition) is 20. The molecule has 0 unspecified atom stereocenters. The predicted molar refractivity (Wildman–Crippen MR) is 371 cm³/mol. The Hall–Kier alpha value is -12.8. The minimum Gasteiger partial charge on any atom is -0.267 e. The molecule has 22 nitrogen and oxygen atoms in total. The summed E-state index contributed by atoms with van der Waals surface area (Å²) in [7, 11) is 0. The fraction of sp³-hybridized carbons (Fsp3) is 0.0556. The van der Waals surface area contributed by atoms with E-state index in [9.17, 15) is 9.59 Å². The summed E-state index contributed by atoms with van der Waals surface area (Å²) in [5.74, 6) is 0. The maximum absolute atomic E-state index is 12.7. The monoisotopic (exact) mass is 1290 g/mol.